The SMILES string of the molecule is CCCOC(=O)CSCC(C)C(=O)OC. The fraction of sp³-hybridized carbons (Fsp3) is 0.800. The molecule has 0 saturated heterocycles. The van der Waals surface area contributed by atoms with E-state index in [0.29, 0.717) is 18.1 Å². The summed E-state index contributed by atoms with van der Waals surface area (Å²) in [6.07, 6.45) is 0.828. The summed E-state index contributed by atoms with van der Waals surface area (Å²) in [7, 11) is 1.36. The van der Waals surface area contributed by atoms with Crippen LogP contribution in [0.1, 0.15) is 20.3 Å². The van der Waals surface area contributed by atoms with Gasteiger partial charge < -0.3 is 9.47 Å². The van der Waals surface area contributed by atoms with E-state index in [9.17, 15) is 9.59 Å². The minimum Gasteiger partial charge on any atom is -0.469 e. The molecule has 0 spiro atoms. The topological polar surface area (TPSA) is 52.6 Å². The monoisotopic (exact) mass is 234 g/mol. The maximum absolute atomic E-state index is 11.1. The minimum atomic E-state index is -0.246. The van der Waals surface area contributed by atoms with Crippen molar-refractivity contribution in [3.05, 3.63) is 0 Å². The van der Waals surface area contributed by atoms with Gasteiger partial charge in [-0.1, -0.05) is 13.8 Å². The third-order valence-electron chi connectivity index (χ3n) is 1.66. The molecule has 0 fully saturated rings. The van der Waals surface area contributed by atoms with Gasteiger partial charge in [-0.25, -0.2) is 0 Å². The first-order chi connectivity index (χ1) is 7.11. The molecule has 0 aliphatic rings. The second kappa shape index (κ2) is 8.59. The first-order valence-electron chi connectivity index (χ1n) is 4.93. The maximum Gasteiger partial charge on any atom is 0.315 e. The van der Waals surface area contributed by atoms with Crippen LogP contribution in [0.2, 0.25) is 0 Å². The summed E-state index contributed by atoms with van der Waals surface area (Å²) in [5, 5.41) is 0. The molecule has 0 aromatic heterocycles. The lowest BCUT2D eigenvalue weighted by Gasteiger charge is -2.08. The number of esters is 2. The molecule has 0 N–H and O–H groups in total. The van der Waals surface area contributed by atoms with Gasteiger partial charge in [-0.05, 0) is 6.42 Å². The molecule has 15 heavy (non-hydrogen) atoms. The summed E-state index contributed by atoms with van der Waals surface area (Å²) in [4.78, 5) is 22.1. The maximum atomic E-state index is 11.1. The zero-order valence-electron chi connectivity index (χ0n) is 9.45. The van der Waals surface area contributed by atoms with E-state index in [1.165, 1.54) is 18.9 Å². The van der Waals surface area contributed by atoms with Gasteiger partial charge in [0.25, 0.3) is 0 Å². The van der Waals surface area contributed by atoms with Gasteiger partial charge in [0.1, 0.15) is 0 Å². The largest absolute Gasteiger partial charge is 0.469 e. The number of rotatable bonds is 7. The van der Waals surface area contributed by atoms with Crippen molar-refractivity contribution < 1.29 is 19.1 Å². The molecule has 0 aromatic rings. The highest BCUT2D eigenvalue weighted by atomic mass is 32.2. The summed E-state index contributed by atoms with van der Waals surface area (Å²) in [5.74, 6) is 0.220. The highest BCUT2D eigenvalue weighted by molar-refractivity contribution is 7.99. The Morgan fingerprint density at radius 2 is 2.07 bits per heavy atom. The molecular formula is C10H18O4S. The number of ether oxygens (including phenoxy) is 2. The van der Waals surface area contributed by atoms with E-state index in [1.54, 1.807) is 6.92 Å². The predicted molar refractivity (Wildman–Crippen MR) is 59.8 cm³/mol. The van der Waals surface area contributed by atoms with Gasteiger partial charge in [0.15, 0.2) is 0 Å². The second-order valence-corrected chi connectivity index (χ2v) is 4.19. The standard InChI is InChI=1S/C10H18O4S/c1-4-5-14-9(11)7-15-6-8(2)10(12)13-3/h8H,4-7H2,1-3H3. The van der Waals surface area contributed by atoms with Crippen molar-refractivity contribution in [1.29, 1.82) is 0 Å². The quantitative estimate of drug-likeness (QED) is 0.624. The molecule has 0 aliphatic heterocycles. The zero-order chi connectivity index (χ0) is 11.7. The zero-order valence-corrected chi connectivity index (χ0v) is 10.3. The van der Waals surface area contributed by atoms with Crippen LogP contribution in [0.25, 0.3) is 0 Å². The van der Waals surface area contributed by atoms with Crippen LogP contribution in [0.15, 0.2) is 0 Å². The van der Waals surface area contributed by atoms with Gasteiger partial charge in [-0.3, -0.25) is 9.59 Å². The Morgan fingerprint density at radius 3 is 2.60 bits per heavy atom. The molecule has 0 bridgehead atoms. The molecule has 0 heterocycles. The first kappa shape index (κ1) is 14.3. The molecule has 0 amide bonds. The lowest BCUT2D eigenvalue weighted by atomic mass is 10.2. The molecular weight excluding hydrogens is 216 g/mol. The molecule has 4 nitrogen and oxygen atoms in total. The molecule has 0 saturated carbocycles. The van der Waals surface area contributed by atoms with Gasteiger partial charge in [0, 0.05) is 5.75 Å². The van der Waals surface area contributed by atoms with Gasteiger partial charge in [0.2, 0.25) is 0 Å². The first-order valence-corrected chi connectivity index (χ1v) is 6.08. The van der Waals surface area contributed by atoms with Crippen LogP contribution in [-0.2, 0) is 19.1 Å². The average molecular weight is 234 g/mol. The van der Waals surface area contributed by atoms with E-state index in [0.717, 1.165) is 6.42 Å². The lowest BCUT2D eigenvalue weighted by molar-refractivity contribution is -0.144. The Labute approximate surface area is 94.7 Å². The number of hydrogen-bond donors (Lipinski definition) is 0. The third-order valence-corrected chi connectivity index (χ3v) is 2.83. The predicted octanol–water partition coefficient (Wildman–Crippen LogP) is 1.48. The number of carbonyl (C=O) groups is 2. The molecule has 0 aliphatic carbocycles. The molecule has 0 radical (unpaired) electrons. The van der Waals surface area contributed by atoms with E-state index in [1.807, 2.05) is 6.92 Å². The molecule has 0 rings (SSSR count). The highest BCUT2D eigenvalue weighted by Crippen LogP contribution is 2.09. The van der Waals surface area contributed by atoms with Crippen LogP contribution >= 0.6 is 11.8 Å². The Kier molecular flexibility index (Phi) is 8.18. The summed E-state index contributed by atoms with van der Waals surface area (Å²) in [5.41, 5.74) is 0. The number of carbonyl (C=O) groups excluding carboxylic acids is 2. The molecule has 88 valence electrons. The van der Waals surface area contributed by atoms with E-state index in [4.69, 9.17) is 4.74 Å². The molecule has 5 heteroatoms. The lowest BCUT2D eigenvalue weighted by Crippen LogP contribution is -2.16. The van der Waals surface area contributed by atoms with Crippen LogP contribution in [-0.4, -0.2) is 37.2 Å². The van der Waals surface area contributed by atoms with Crippen molar-refractivity contribution in [1.82, 2.24) is 0 Å². The van der Waals surface area contributed by atoms with E-state index in [2.05, 4.69) is 4.74 Å². The Bertz CT molecular complexity index is 206. The number of thioether (sulfide) groups is 1. The van der Waals surface area contributed by atoms with Crippen molar-refractivity contribution >= 4 is 23.7 Å². The Balaban J connectivity index is 3.52. The molecule has 1 unspecified atom stereocenters. The van der Waals surface area contributed by atoms with E-state index in [-0.39, 0.29) is 17.9 Å². The average Bonchev–Trinajstić information content (AvgIpc) is 2.24. The second-order valence-electron chi connectivity index (χ2n) is 3.16. The minimum absolute atomic E-state index is 0.182. The van der Waals surface area contributed by atoms with Crippen LogP contribution in [0.3, 0.4) is 0 Å². The van der Waals surface area contributed by atoms with Crippen LogP contribution in [0, 0.1) is 5.92 Å². The van der Waals surface area contributed by atoms with Crippen molar-refractivity contribution in [2.45, 2.75) is 20.3 Å². The van der Waals surface area contributed by atoms with Gasteiger partial charge in [0.05, 0.1) is 25.4 Å². The van der Waals surface area contributed by atoms with Gasteiger partial charge in [-0.2, -0.15) is 0 Å². The van der Waals surface area contributed by atoms with Crippen LogP contribution in [0.5, 0.6) is 0 Å². The summed E-state index contributed by atoms with van der Waals surface area (Å²) in [6.45, 7) is 4.18. The summed E-state index contributed by atoms with van der Waals surface area (Å²) in [6, 6.07) is 0. The third kappa shape index (κ3) is 7.25. The van der Waals surface area contributed by atoms with Crippen LogP contribution in [0.4, 0.5) is 0 Å². The van der Waals surface area contributed by atoms with Crippen molar-refractivity contribution in [3.8, 4) is 0 Å². The molecule has 0 aromatic carbocycles. The normalized spacial score (nSPS) is 11.9. The van der Waals surface area contributed by atoms with Crippen LogP contribution < -0.4 is 0 Å². The number of methoxy groups -OCH3 is 1. The van der Waals surface area contributed by atoms with Gasteiger partial charge in [-0.15, -0.1) is 11.8 Å². The fourth-order valence-corrected chi connectivity index (χ4v) is 1.70. The van der Waals surface area contributed by atoms with Crippen molar-refractivity contribution in [2.75, 3.05) is 25.2 Å². The smallest absolute Gasteiger partial charge is 0.315 e. The van der Waals surface area contributed by atoms with Gasteiger partial charge >= 0.3 is 11.9 Å². The Morgan fingerprint density at radius 1 is 1.40 bits per heavy atom. The van der Waals surface area contributed by atoms with E-state index >= 15 is 0 Å². The van der Waals surface area contributed by atoms with E-state index < -0.39 is 0 Å². The summed E-state index contributed by atoms with van der Waals surface area (Å²) >= 11 is 1.39. The molecule has 1 atom stereocenters. The Hall–Kier alpha value is -0.710. The summed E-state index contributed by atoms with van der Waals surface area (Å²) < 4.78 is 9.45. The van der Waals surface area contributed by atoms with Crippen molar-refractivity contribution in [2.24, 2.45) is 5.92 Å². The highest BCUT2D eigenvalue weighted by Gasteiger charge is 2.13. The number of hydrogen-bond acceptors (Lipinski definition) is 5. The van der Waals surface area contributed by atoms with Crippen molar-refractivity contribution in [3.63, 3.8) is 0 Å². The fourth-order valence-electron chi connectivity index (χ4n) is 0.846.